The number of carbonyl (C=O) groups excluding carboxylic acids is 1. The molecule has 1 amide bonds. The Balaban J connectivity index is 1.26. The zero-order chi connectivity index (χ0) is 22.1. The first kappa shape index (κ1) is 20.7. The van der Waals surface area contributed by atoms with Crippen molar-refractivity contribution in [1.29, 1.82) is 0 Å². The molecular formula is C25H25N3O3S. The predicted molar refractivity (Wildman–Crippen MR) is 124 cm³/mol. The van der Waals surface area contributed by atoms with Gasteiger partial charge in [-0.05, 0) is 51.0 Å². The number of rotatable bonds is 5. The van der Waals surface area contributed by atoms with E-state index in [1.54, 1.807) is 11.3 Å². The van der Waals surface area contributed by atoms with Gasteiger partial charge in [-0.2, -0.15) is 0 Å². The molecule has 2 aromatic carbocycles. The summed E-state index contributed by atoms with van der Waals surface area (Å²) < 4.78 is 12.5. The van der Waals surface area contributed by atoms with Gasteiger partial charge in [0.15, 0.2) is 0 Å². The minimum atomic E-state index is 0.0158. The molecule has 6 nitrogen and oxygen atoms in total. The van der Waals surface area contributed by atoms with Crippen molar-refractivity contribution >= 4 is 27.5 Å². The van der Waals surface area contributed by atoms with Gasteiger partial charge in [-0.25, -0.2) is 4.98 Å². The molecule has 0 aliphatic carbocycles. The Morgan fingerprint density at radius 3 is 2.62 bits per heavy atom. The lowest BCUT2D eigenvalue weighted by Crippen LogP contribution is -2.38. The van der Waals surface area contributed by atoms with Crippen molar-refractivity contribution in [2.75, 3.05) is 13.1 Å². The minimum Gasteiger partial charge on any atom is -0.488 e. The Labute approximate surface area is 190 Å². The maximum absolute atomic E-state index is 13.3. The lowest BCUT2D eigenvalue weighted by atomic mass is 9.97. The molecule has 0 atom stereocenters. The van der Waals surface area contributed by atoms with Crippen LogP contribution in [0.5, 0.6) is 5.75 Å². The second kappa shape index (κ2) is 8.74. The van der Waals surface area contributed by atoms with Crippen LogP contribution in [0.3, 0.4) is 0 Å². The van der Waals surface area contributed by atoms with Crippen LogP contribution >= 0.6 is 11.3 Å². The smallest absolute Gasteiger partial charge is 0.257 e. The number of hydrogen-bond donors (Lipinski definition) is 0. The molecule has 0 N–H and O–H groups in total. The Kier molecular flexibility index (Phi) is 5.66. The Morgan fingerprint density at radius 2 is 1.88 bits per heavy atom. The van der Waals surface area contributed by atoms with E-state index < -0.39 is 0 Å². The number of likely N-dealkylation sites (tertiary alicyclic amines) is 1. The third-order valence-corrected chi connectivity index (χ3v) is 7.31. The monoisotopic (exact) mass is 447 g/mol. The molecular weight excluding hydrogens is 422 g/mol. The average Bonchev–Trinajstić information content (AvgIpc) is 3.40. The third-order valence-electron chi connectivity index (χ3n) is 6.11. The van der Waals surface area contributed by atoms with Crippen molar-refractivity contribution in [1.82, 2.24) is 15.0 Å². The highest BCUT2D eigenvalue weighted by Gasteiger charge is 2.28. The normalized spacial score (nSPS) is 14.8. The van der Waals surface area contributed by atoms with Gasteiger partial charge in [0.25, 0.3) is 5.91 Å². The van der Waals surface area contributed by atoms with Crippen LogP contribution in [0.1, 0.15) is 51.1 Å². The highest BCUT2D eigenvalue weighted by atomic mass is 32.1. The molecule has 0 unspecified atom stereocenters. The molecule has 3 heterocycles. The van der Waals surface area contributed by atoms with Gasteiger partial charge in [0.2, 0.25) is 0 Å². The lowest BCUT2D eigenvalue weighted by molar-refractivity contribution is 0.0708. The van der Waals surface area contributed by atoms with Crippen LogP contribution in [-0.4, -0.2) is 34.0 Å². The molecule has 2 aromatic heterocycles. The van der Waals surface area contributed by atoms with Crippen molar-refractivity contribution in [3.05, 3.63) is 76.1 Å². The lowest BCUT2D eigenvalue weighted by Gasteiger charge is -2.31. The fourth-order valence-electron chi connectivity index (χ4n) is 4.19. The summed E-state index contributed by atoms with van der Waals surface area (Å²) in [5.74, 6) is 1.75. The van der Waals surface area contributed by atoms with Gasteiger partial charge in [0.05, 0.1) is 32.0 Å². The van der Waals surface area contributed by atoms with Crippen LogP contribution in [0.2, 0.25) is 0 Å². The van der Waals surface area contributed by atoms with E-state index in [0.29, 0.717) is 23.8 Å². The van der Waals surface area contributed by atoms with E-state index in [2.05, 4.69) is 23.4 Å². The van der Waals surface area contributed by atoms with E-state index in [9.17, 15) is 4.79 Å². The molecule has 0 bridgehead atoms. The molecule has 32 heavy (non-hydrogen) atoms. The molecule has 1 aliphatic heterocycles. The number of piperidine rings is 1. The van der Waals surface area contributed by atoms with Gasteiger partial charge in [0, 0.05) is 19.0 Å². The maximum Gasteiger partial charge on any atom is 0.257 e. The van der Waals surface area contributed by atoms with Crippen LogP contribution < -0.4 is 4.74 Å². The Bertz CT molecular complexity index is 1200. The topological polar surface area (TPSA) is 68.5 Å². The molecule has 0 saturated carbocycles. The predicted octanol–water partition coefficient (Wildman–Crippen LogP) is 5.50. The zero-order valence-electron chi connectivity index (χ0n) is 18.2. The fourth-order valence-corrected chi connectivity index (χ4v) is 5.33. The number of fused-ring (bicyclic) bond motifs is 1. The van der Waals surface area contributed by atoms with E-state index in [1.807, 2.05) is 49.1 Å². The van der Waals surface area contributed by atoms with E-state index in [4.69, 9.17) is 14.2 Å². The number of carbonyl (C=O) groups is 1. The van der Waals surface area contributed by atoms with Crippen LogP contribution in [0.25, 0.3) is 10.2 Å². The van der Waals surface area contributed by atoms with Gasteiger partial charge in [-0.15, -0.1) is 11.3 Å². The Morgan fingerprint density at radius 1 is 1.12 bits per heavy atom. The van der Waals surface area contributed by atoms with Gasteiger partial charge in [-0.3, -0.25) is 4.79 Å². The summed E-state index contributed by atoms with van der Waals surface area (Å²) in [6, 6.07) is 15.7. The molecule has 1 fully saturated rings. The second-order valence-corrected chi connectivity index (χ2v) is 9.24. The maximum atomic E-state index is 13.3. The molecule has 5 rings (SSSR count). The van der Waals surface area contributed by atoms with Crippen molar-refractivity contribution in [2.24, 2.45) is 0 Å². The summed E-state index contributed by atoms with van der Waals surface area (Å²) in [7, 11) is 0. The van der Waals surface area contributed by atoms with Crippen molar-refractivity contribution in [3.8, 4) is 5.75 Å². The SMILES string of the molecule is Cc1noc(C)c1COc1ccccc1C(=O)N1CCC(c2nc3ccccc3s2)CC1. The molecule has 0 radical (unpaired) electrons. The van der Waals surface area contributed by atoms with Crippen LogP contribution in [0, 0.1) is 13.8 Å². The quantitative estimate of drug-likeness (QED) is 0.404. The first-order chi connectivity index (χ1) is 15.6. The van der Waals surface area contributed by atoms with Crippen molar-refractivity contribution in [2.45, 2.75) is 39.2 Å². The van der Waals surface area contributed by atoms with Gasteiger partial charge in [-0.1, -0.05) is 29.4 Å². The molecule has 164 valence electrons. The highest BCUT2D eigenvalue weighted by Crippen LogP contribution is 2.34. The first-order valence-electron chi connectivity index (χ1n) is 10.9. The van der Waals surface area contributed by atoms with E-state index >= 15 is 0 Å². The number of aryl methyl sites for hydroxylation is 2. The van der Waals surface area contributed by atoms with E-state index in [-0.39, 0.29) is 5.91 Å². The zero-order valence-corrected chi connectivity index (χ0v) is 19.0. The summed E-state index contributed by atoms with van der Waals surface area (Å²) in [5, 5.41) is 5.15. The fraction of sp³-hybridized carbons (Fsp3) is 0.320. The minimum absolute atomic E-state index is 0.0158. The summed E-state index contributed by atoms with van der Waals surface area (Å²) in [6.45, 7) is 5.52. The van der Waals surface area contributed by atoms with Crippen molar-refractivity contribution in [3.63, 3.8) is 0 Å². The number of benzene rings is 2. The van der Waals surface area contributed by atoms with Crippen LogP contribution in [0.15, 0.2) is 53.1 Å². The highest BCUT2D eigenvalue weighted by molar-refractivity contribution is 7.18. The number of amides is 1. The van der Waals surface area contributed by atoms with Crippen LogP contribution in [0.4, 0.5) is 0 Å². The molecule has 1 saturated heterocycles. The average molecular weight is 448 g/mol. The number of ether oxygens (including phenoxy) is 1. The number of hydrogen-bond acceptors (Lipinski definition) is 6. The number of para-hydroxylation sites is 2. The molecule has 1 aliphatic rings. The van der Waals surface area contributed by atoms with Crippen LogP contribution in [-0.2, 0) is 6.61 Å². The summed E-state index contributed by atoms with van der Waals surface area (Å²) in [5.41, 5.74) is 3.39. The molecule has 4 aromatic rings. The number of aromatic nitrogens is 2. The molecule has 7 heteroatoms. The Hall–Kier alpha value is -3.19. The summed E-state index contributed by atoms with van der Waals surface area (Å²) in [6.07, 6.45) is 1.85. The largest absolute Gasteiger partial charge is 0.488 e. The summed E-state index contributed by atoms with van der Waals surface area (Å²) >= 11 is 1.77. The standard InChI is InChI=1S/C25H25N3O3S/c1-16-20(17(2)31-27-16)15-30-22-9-5-3-7-19(22)25(29)28-13-11-18(12-14-28)24-26-21-8-4-6-10-23(21)32-24/h3-10,18H,11-15H2,1-2H3. The van der Waals surface area contributed by atoms with E-state index in [1.165, 1.54) is 9.71 Å². The van der Waals surface area contributed by atoms with Gasteiger partial charge in [0.1, 0.15) is 18.1 Å². The number of nitrogens with zero attached hydrogens (tertiary/aromatic N) is 3. The molecule has 0 spiro atoms. The second-order valence-electron chi connectivity index (χ2n) is 8.17. The number of thiazole rings is 1. The van der Waals surface area contributed by atoms with Gasteiger partial charge >= 0.3 is 0 Å². The van der Waals surface area contributed by atoms with Crippen molar-refractivity contribution < 1.29 is 14.1 Å². The first-order valence-corrected chi connectivity index (χ1v) is 11.7. The third kappa shape index (κ3) is 4.00. The van der Waals surface area contributed by atoms with E-state index in [0.717, 1.165) is 48.5 Å². The summed E-state index contributed by atoms with van der Waals surface area (Å²) in [4.78, 5) is 20.1. The van der Waals surface area contributed by atoms with Gasteiger partial charge < -0.3 is 14.2 Å².